The summed E-state index contributed by atoms with van der Waals surface area (Å²) in [6.07, 6.45) is 0. The molecular weight excluding hydrogens is 548 g/mol. The number of rotatable bonds is 6. The van der Waals surface area contributed by atoms with Crippen molar-refractivity contribution in [2.75, 3.05) is 18.6 Å². The monoisotopic (exact) mass is 568 g/mol. The van der Waals surface area contributed by atoms with Crippen molar-refractivity contribution in [3.8, 4) is 11.5 Å². The Morgan fingerprint density at radius 1 is 1.19 bits per heavy atom. The number of anilines is 1. The normalized spacial score (nSPS) is 14.9. The molecule has 5 rings (SSSR count). The first-order chi connectivity index (χ1) is 17.2. The lowest BCUT2D eigenvalue weighted by Crippen LogP contribution is -2.29. The van der Waals surface area contributed by atoms with Crippen LogP contribution in [-0.4, -0.2) is 30.4 Å². The molecule has 3 heterocycles. The summed E-state index contributed by atoms with van der Waals surface area (Å²) in [5.41, 5.74) is 1.32. The molecule has 1 aliphatic rings. The molecule has 10 heteroatoms. The highest BCUT2D eigenvalue weighted by Crippen LogP contribution is 2.45. The number of aromatic nitrogens is 1. The highest BCUT2D eigenvalue weighted by molar-refractivity contribution is 9.10. The number of carbonyl (C=O) groups is 2. The largest absolute Gasteiger partial charge is 0.493 e. The van der Waals surface area contributed by atoms with Gasteiger partial charge in [0, 0.05) is 11.4 Å². The van der Waals surface area contributed by atoms with Crippen LogP contribution in [0.4, 0.5) is 5.13 Å². The molecule has 184 valence electrons. The van der Waals surface area contributed by atoms with Gasteiger partial charge in [-0.1, -0.05) is 33.3 Å². The molecule has 8 nitrogen and oxygen atoms in total. The number of ketones is 1. The number of benzene rings is 2. The second kappa shape index (κ2) is 9.18. The first-order valence-electron chi connectivity index (χ1n) is 11.1. The molecule has 2 aromatic heterocycles. The number of Topliss-reactive ketones (excluding diaryl/α,β-unsaturated/α-hetero) is 1. The Balaban J connectivity index is 1.79. The lowest BCUT2D eigenvalue weighted by molar-refractivity contribution is 0.0969. The van der Waals surface area contributed by atoms with Gasteiger partial charge in [0.15, 0.2) is 27.8 Å². The van der Waals surface area contributed by atoms with Gasteiger partial charge in [-0.3, -0.25) is 19.3 Å². The number of aryl methyl sites for hydroxylation is 1. The van der Waals surface area contributed by atoms with Crippen LogP contribution in [0.15, 0.2) is 50.1 Å². The standard InChI is InChI=1S/C26H21BrN2O6S/c1-5-34-18-8-6-14(10-19(18)33-4)21-20-22(31)16-11-15(27)7-9-17(16)35-23(20)25(32)29(21)26-28-12(2)24(36-26)13(3)30/h6-11,21H,5H2,1-4H3. The number of carbonyl (C=O) groups excluding carboxylic acids is 2. The zero-order valence-corrected chi connectivity index (χ0v) is 22.3. The Morgan fingerprint density at radius 3 is 2.64 bits per heavy atom. The van der Waals surface area contributed by atoms with Gasteiger partial charge >= 0.3 is 0 Å². The number of halogens is 1. The molecule has 0 bridgehead atoms. The van der Waals surface area contributed by atoms with Gasteiger partial charge in [0.1, 0.15) is 5.58 Å². The maximum Gasteiger partial charge on any atom is 0.297 e. The third-order valence-electron chi connectivity index (χ3n) is 5.95. The van der Waals surface area contributed by atoms with Gasteiger partial charge in [-0.2, -0.15) is 0 Å². The fraction of sp³-hybridized carbons (Fsp3) is 0.231. The molecule has 1 atom stereocenters. The quantitative estimate of drug-likeness (QED) is 0.276. The van der Waals surface area contributed by atoms with E-state index in [4.69, 9.17) is 13.9 Å². The third-order valence-corrected chi connectivity index (χ3v) is 7.70. The van der Waals surface area contributed by atoms with E-state index in [0.717, 1.165) is 11.3 Å². The summed E-state index contributed by atoms with van der Waals surface area (Å²) >= 11 is 4.51. The summed E-state index contributed by atoms with van der Waals surface area (Å²) in [6, 6.07) is 9.48. The van der Waals surface area contributed by atoms with Crippen LogP contribution >= 0.6 is 27.3 Å². The smallest absolute Gasteiger partial charge is 0.297 e. The number of hydrogen-bond acceptors (Lipinski definition) is 8. The van der Waals surface area contributed by atoms with Crippen LogP contribution in [0.2, 0.25) is 0 Å². The Labute approximate surface area is 218 Å². The predicted octanol–water partition coefficient (Wildman–Crippen LogP) is 5.68. The molecule has 0 fully saturated rings. The number of fused-ring (bicyclic) bond motifs is 2. The summed E-state index contributed by atoms with van der Waals surface area (Å²) in [5.74, 6) is 0.296. The molecule has 1 unspecified atom stereocenters. The first kappa shape index (κ1) is 24.2. The maximum atomic E-state index is 13.8. The molecule has 0 aliphatic carbocycles. The van der Waals surface area contributed by atoms with Crippen LogP contribution in [0.3, 0.4) is 0 Å². The predicted molar refractivity (Wildman–Crippen MR) is 140 cm³/mol. The molecule has 36 heavy (non-hydrogen) atoms. The zero-order valence-electron chi connectivity index (χ0n) is 19.9. The van der Waals surface area contributed by atoms with E-state index in [1.165, 1.54) is 18.9 Å². The second-order valence-electron chi connectivity index (χ2n) is 8.20. The molecular formula is C26H21BrN2O6S. The van der Waals surface area contributed by atoms with Crippen LogP contribution in [0.25, 0.3) is 11.0 Å². The van der Waals surface area contributed by atoms with E-state index in [-0.39, 0.29) is 22.5 Å². The van der Waals surface area contributed by atoms with Crippen molar-refractivity contribution < 1.29 is 23.5 Å². The van der Waals surface area contributed by atoms with Crippen molar-refractivity contribution in [1.82, 2.24) is 4.98 Å². The summed E-state index contributed by atoms with van der Waals surface area (Å²) < 4.78 is 17.9. The Kier molecular flexibility index (Phi) is 6.17. The van der Waals surface area contributed by atoms with Gasteiger partial charge < -0.3 is 13.9 Å². The lowest BCUT2D eigenvalue weighted by Gasteiger charge is -2.23. The SMILES string of the molecule is CCOc1ccc(C2c3c(oc4ccc(Br)cc4c3=O)C(=O)N2c2nc(C)c(C(C)=O)s2)cc1OC. The van der Waals surface area contributed by atoms with Crippen molar-refractivity contribution in [2.24, 2.45) is 0 Å². The highest BCUT2D eigenvalue weighted by atomic mass is 79.9. The molecule has 0 radical (unpaired) electrons. The number of thiazole rings is 1. The van der Waals surface area contributed by atoms with Crippen molar-refractivity contribution >= 4 is 55.1 Å². The van der Waals surface area contributed by atoms with Gasteiger partial charge in [0.05, 0.1) is 41.3 Å². The summed E-state index contributed by atoms with van der Waals surface area (Å²) in [7, 11) is 1.52. The van der Waals surface area contributed by atoms with Crippen molar-refractivity contribution in [3.63, 3.8) is 0 Å². The van der Waals surface area contributed by atoms with E-state index in [9.17, 15) is 14.4 Å². The Bertz CT molecular complexity index is 1610. The van der Waals surface area contributed by atoms with E-state index < -0.39 is 11.9 Å². The zero-order chi connectivity index (χ0) is 25.7. The van der Waals surface area contributed by atoms with E-state index >= 15 is 0 Å². The summed E-state index contributed by atoms with van der Waals surface area (Å²) in [5, 5.41) is 0.650. The minimum absolute atomic E-state index is 0.0510. The van der Waals surface area contributed by atoms with Crippen LogP contribution < -0.4 is 19.8 Å². The molecule has 0 saturated carbocycles. The summed E-state index contributed by atoms with van der Waals surface area (Å²) in [4.78, 5) is 46.1. The van der Waals surface area contributed by atoms with Gasteiger partial charge in [-0.05, 0) is 49.7 Å². The molecule has 0 saturated heterocycles. The first-order valence-corrected chi connectivity index (χ1v) is 12.7. The molecule has 1 aliphatic heterocycles. The minimum Gasteiger partial charge on any atom is -0.493 e. The molecule has 1 amide bonds. The fourth-order valence-electron chi connectivity index (χ4n) is 4.40. The topological polar surface area (TPSA) is 98.9 Å². The van der Waals surface area contributed by atoms with Gasteiger partial charge in [-0.25, -0.2) is 4.98 Å². The average molecular weight is 569 g/mol. The lowest BCUT2D eigenvalue weighted by atomic mass is 9.98. The van der Waals surface area contributed by atoms with Crippen LogP contribution in [0.1, 0.15) is 56.9 Å². The third kappa shape index (κ3) is 3.81. The van der Waals surface area contributed by atoms with Crippen LogP contribution in [-0.2, 0) is 0 Å². The molecule has 2 aromatic carbocycles. The van der Waals surface area contributed by atoms with E-state index in [1.807, 2.05) is 6.92 Å². The van der Waals surface area contributed by atoms with E-state index in [0.29, 0.717) is 54.8 Å². The number of methoxy groups -OCH3 is 1. The maximum absolute atomic E-state index is 13.8. The van der Waals surface area contributed by atoms with Gasteiger partial charge in [-0.15, -0.1) is 0 Å². The number of nitrogens with zero attached hydrogens (tertiary/aromatic N) is 2. The number of ether oxygens (including phenoxy) is 2. The Hall–Kier alpha value is -3.50. The van der Waals surface area contributed by atoms with Crippen molar-refractivity contribution in [2.45, 2.75) is 26.8 Å². The van der Waals surface area contributed by atoms with Crippen LogP contribution in [0, 0.1) is 6.92 Å². The Morgan fingerprint density at radius 2 is 1.97 bits per heavy atom. The fourth-order valence-corrected chi connectivity index (χ4v) is 5.75. The van der Waals surface area contributed by atoms with Gasteiger partial charge in [0.2, 0.25) is 5.76 Å². The van der Waals surface area contributed by atoms with E-state index in [1.54, 1.807) is 43.3 Å². The number of amides is 1. The highest BCUT2D eigenvalue weighted by Gasteiger charge is 2.45. The van der Waals surface area contributed by atoms with Gasteiger partial charge in [0.25, 0.3) is 5.91 Å². The van der Waals surface area contributed by atoms with Crippen molar-refractivity contribution in [1.29, 1.82) is 0 Å². The van der Waals surface area contributed by atoms with E-state index in [2.05, 4.69) is 20.9 Å². The van der Waals surface area contributed by atoms with Crippen molar-refractivity contribution in [3.05, 3.63) is 78.6 Å². The number of hydrogen-bond donors (Lipinski definition) is 0. The minimum atomic E-state index is -0.845. The summed E-state index contributed by atoms with van der Waals surface area (Å²) in [6.45, 7) is 5.49. The molecule has 4 aromatic rings. The average Bonchev–Trinajstić information content (AvgIpc) is 3.37. The second-order valence-corrected chi connectivity index (χ2v) is 10.1. The van der Waals surface area contributed by atoms with Crippen LogP contribution in [0.5, 0.6) is 11.5 Å². The molecule has 0 spiro atoms. The molecule has 0 N–H and O–H groups in total.